The Labute approximate surface area is 114 Å². The number of benzene rings is 1. The fourth-order valence-corrected chi connectivity index (χ4v) is 3.14. The first-order valence-electron chi connectivity index (χ1n) is 6.61. The summed E-state index contributed by atoms with van der Waals surface area (Å²) in [7, 11) is 0. The molecular weight excluding hydrogens is 271 g/mol. The van der Waals surface area contributed by atoms with Crippen molar-refractivity contribution >= 4 is 0 Å². The largest absolute Gasteiger partial charge is 0.416 e. The van der Waals surface area contributed by atoms with Gasteiger partial charge in [0.2, 0.25) is 0 Å². The quantitative estimate of drug-likeness (QED) is 0.830. The van der Waals surface area contributed by atoms with Crippen LogP contribution in [0.3, 0.4) is 0 Å². The van der Waals surface area contributed by atoms with Crippen molar-refractivity contribution in [1.29, 1.82) is 0 Å². The minimum absolute atomic E-state index is 0.0120. The van der Waals surface area contributed by atoms with Gasteiger partial charge in [-0.2, -0.15) is 13.2 Å². The molecule has 2 unspecified atom stereocenters. The molecule has 2 heterocycles. The van der Waals surface area contributed by atoms with Gasteiger partial charge in [-0.1, -0.05) is 12.1 Å². The fourth-order valence-electron chi connectivity index (χ4n) is 3.14. The molecule has 2 N–H and O–H groups in total. The average Bonchev–Trinajstić information content (AvgIpc) is 2.37. The van der Waals surface area contributed by atoms with Crippen LogP contribution in [0.1, 0.15) is 24.0 Å². The molecule has 2 bridgehead atoms. The Kier molecular flexibility index (Phi) is 3.27. The van der Waals surface area contributed by atoms with Crippen LogP contribution in [-0.2, 0) is 16.5 Å². The molecule has 1 aromatic carbocycles. The van der Waals surface area contributed by atoms with E-state index in [-0.39, 0.29) is 12.1 Å². The molecule has 0 amide bonds. The van der Waals surface area contributed by atoms with E-state index < -0.39 is 17.3 Å². The summed E-state index contributed by atoms with van der Waals surface area (Å²) in [5, 5.41) is 14.1. The lowest BCUT2D eigenvalue weighted by Crippen LogP contribution is -2.58. The van der Waals surface area contributed by atoms with Crippen molar-refractivity contribution < 1.29 is 23.0 Å². The summed E-state index contributed by atoms with van der Waals surface area (Å²) in [6, 6.07) is 4.98. The van der Waals surface area contributed by atoms with Crippen LogP contribution in [-0.4, -0.2) is 30.4 Å². The van der Waals surface area contributed by atoms with E-state index in [0.29, 0.717) is 31.6 Å². The van der Waals surface area contributed by atoms with E-state index in [4.69, 9.17) is 4.74 Å². The second-order valence-corrected chi connectivity index (χ2v) is 5.62. The molecule has 110 valence electrons. The minimum Gasteiger partial charge on any atom is -0.385 e. The number of alkyl halides is 3. The second-order valence-electron chi connectivity index (χ2n) is 5.62. The number of aliphatic hydroxyl groups is 1. The molecule has 0 aliphatic carbocycles. The third-order valence-corrected chi connectivity index (χ3v) is 4.00. The van der Waals surface area contributed by atoms with Gasteiger partial charge >= 0.3 is 6.18 Å². The Hall–Kier alpha value is -1.11. The zero-order valence-electron chi connectivity index (χ0n) is 10.8. The molecule has 2 aliphatic rings. The smallest absolute Gasteiger partial charge is 0.385 e. The number of ether oxygens (including phenoxy) is 1. The Morgan fingerprint density at radius 2 is 1.85 bits per heavy atom. The number of hydrogen-bond acceptors (Lipinski definition) is 3. The Morgan fingerprint density at radius 1 is 1.20 bits per heavy atom. The molecule has 2 aliphatic heterocycles. The number of rotatable bonds is 1. The van der Waals surface area contributed by atoms with Crippen LogP contribution in [0.15, 0.2) is 24.3 Å². The molecule has 6 heteroatoms. The van der Waals surface area contributed by atoms with E-state index in [1.54, 1.807) is 6.07 Å². The summed E-state index contributed by atoms with van der Waals surface area (Å²) in [5.41, 5.74) is -1.60. The average molecular weight is 287 g/mol. The minimum atomic E-state index is -4.39. The highest BCUT2D eigenvalue weighted by Gasteiger charge is 2.43. The van der Waals surface area contributed by atoms with Gasteiger partial charge in [-0.15, -0.1) is 0 Å². The second kappa shape index (κ2) is 4.72. The van der Waals surface area contributed by atoms with Crippen LogP contribution >= 0.6 is 0 Å². The normalized spacial score (nSPS) is 34.0. The van der Waals surface area contributed by atoms with Gasteiger partial charge in [0.25, 0.3) is 0 Å². The van der Waals surface area contributed by atoms with Crippen LogP contribution in [0.25, 0.3) is 0 Å². The summed E-state index contributed by atoms with van der Waals surface area (Å²) in [6.45, 7) is 0.968. The Bertz CT molecular complexity index is 491. The highest BCUT2D eigenvalue weighted by molar-refractivity contribution is 5.31. The van der Waals surface area contributed by atoms with Gasteiger partial charge in [-0.25, -0.2) is 0 Å². The number of fused-ring (bicyclic) bond motifs is 2. The lowest BCUT2D eigenvalue weighted by molar-refractivity contribution is -0.137. The van der Waals surface area contributed by atoms with Gasteiger partial charge in [-0.05, 0) is 30.5 Å². The molecule has 3 rings (SSSR count). The van der Waals surface area contributed by atoms with Crippen molar-refractivity contribution in [2.45, 2.75) is 36.7 Å². The summed E-state index contributed by atoms with van der Waals surface area (Å²) < 4.78 is 43.7. The predicted molar refractivity (Wildman–Crippen MR) is 66.1 cm³/mol. The molecule has 2 saturated heterocycles. The van der Waals surface area contributed by atoms with Crippen molar-refractivity contribution in [3.05, 3.63) is 35.4 Å². The predicted octanol–water partition coefficient (Wildman–Crippen LogP) is 2.04. The maximum atomic E-state index is 12.8. The van der Waals surface area contributed by atoms with E-state index in [1.165, 1.54) is 6.07 Å². The highest BCUT2D eigenvalue weighted by atomic mass is 19.4. The summed E-state index contributed by atoms with van der Waals surface area (Å²) >= 11 is 0. The highest BCUT2D eigenvalue weighted by Crippen LogP contribution is 2.39. The number of hydrogen-bond donors (Lipinski definition) is 2. The van der Waals surface area contributed by atoms with Crippen LogP contribution in [0.4, 0.5) is 13.2 Å². The van der Waals surface area contributed by atoms with Crippen molar-refractivity contribution in [3.63, 3.8) is 0 Å². The molecule has 0 spiro atoms. The summed E-state index contributed by atoms with van der Waals surface area (Å²) in [4.78, 5) is 0. The van der Waals surface area contributed by atoms with E-state index in [0.717, 1.165) is 12.1 Å². The summed E-state index contributed by atoms with van der Waals surface area (Å²) in [5.74, 6) is 0. The van der Waals surface area contributed by atoms with Gasteiger partial charge in [0.05, 0.1) is 24.4 Å². The first-order chi connectivity index (χ1) is 9.37. The van der Waals surface area contributed by atoms with Crippen molar-refractivity contribution in [3.8, 4) is 0 Å². The van der Waals surface area contributed by atoms with Crippen molar-refractivity contribution in [2.75, 3.05) is 13.2 Å². The molecule has 0 aromatic heterocycles. The first-order valence-corrected chi connectivity index (χ1v) is 6.61. The third kappa shape index (κ3) is 2.55. The SMILES string of the molecule is OC1(c2cccc(C(F)(F)F)c2)CC2COCC(C1)N2. The van der Waals surface area contributed by atoms with Crippen molar-refractivity contribution in [2.24, 2.45) is 0 Å². The number of nitrogens with one attached hydrogen (secondary N) is 1. The standard InChI is InChI=1S/C14H16F3NO2/c15-14(16,17)10-3-1-2-9(4-10)13(19)5-11-7-20-8-12(6-13)18-11/h1-4,11-12,18-19H,5-8H2. The molecule has 3 nitrogen and oxygen atoms in total. The Balaban J connectivity index is 1.91. The molecule has 2 fully saturated rings. The summed E-state index contributed by atoms with van der Waals surface area (Å²) in [6.07, 6.45) is -3.66. The zero-order valence-corrected chi connectivity index (χ0v) is 10.8. The number of halogens is 3. The maximum absolute atomic E-state index is 12.8. The van der Waals surface area contributed by atoms with E-state index in [9.17, 15) is 18.3 Å². The lowest BCUT2D eigenvalue weighted by Gasteiger charge is -2.45. The van der Waals surface area contributed by atoms with E-state index in [1.807, 2.05) is 0 Å². The van der Waals surface area contributed by atoms with Gasteiger partial charge in [0, 0.05) is 12.1 Å². The maximum Gasteiger partial charge on any atom is 0.416 e. The topological polar surface area (TPSA) is 41.5 Å². The van der Waals surface area contributed by atoms with Crippen LogP contribution in [0.5, 0.6) is 0 Å². The van der Waals surface area contributed by atoms with E-state index in [2.05, 4.69) is 5.32 Å². The molecule has 0 radical (unpaired) electrons. The van der Waals surface area contributed by atoms with Gasteiger partial charge in [0.1, 0.15) is 0 Å². The third-order valence-electron chi connectivity index (χ3n) is 4.00. The molecule has 1 aromatic rings. The van der Waals surface area contributed by atoms with Gasteiger partial charge in [-0.3, -0.25) is 0 Å². The van der Waals surface area contributed by atoms with Crippen LogP contribution in [0.2, 0.25) is 0 Å². The monoisotopic (exact) mass is 287 g/mol. The Morgan fingerprint density at radius 3 is 2.45 bits per heavy atom. The number of morpholine rings is 1. The fraction of sp³-hybridized carbons (Fsp3) is 0.571. The molecule has 2 atom stereocenters. The van der Waals surface area contributed by atoms with Crippen LogP contribution in [0, 0.1) is 0 Å². The van der Waals surface area contributed by atoms with Gasteiger partial charge in [0.15, 0.2) is 0 Å². The molecule has 20 heavy (non-hydrogen) atoms. The lowest BCUT2D eigenvalue weighted by atomic mass is 9.78. The molecule has 0 saturated carbocycles. The zero-order chi connectivity index (χ0) is 14.4. The number of piperidine rings is 1. The molecular formula is C14H16F3NO2. The van der Waals surface area contributed by atoms with E-state index >= 15 is 0 Å². The first kappa shape index (κ1) is 13.9. The van der Waals surface area contributed by atoms with Gasteiger partial charge < -0.3 is 15.2 Å². The van der Waals surface area contributed by atoms with Crippen molar-refractivity contribution in [1.82, 2.24) is 5.32 Å². The van der Waals surface area contributed by atoms with Crippen LogP contribution < -0.4 is 5.32 Å².